The zero-order valence-corrected chi connectivity index (χ0v) is 16.8. The minimum atomic E-state index is -0.702. The van der Waals surface area contributed by atoms with Gasteiger partial charge in [-0.15, -0.1) is 11.3 Å². The molecule has 1 saturated heterocycles. The van der Waals surface area contributed by atoms with Crippen molar-refractivity contribution < 1.29 is 19.4 Å². The fourth-order valence-corrected chi connectivity index (χ4v) is 4.55. The number of aliphatic hydroxyl groups excluding tert-OH is 1. The van der Waals surface area contributed by atoms with E-state index in [4.69, 9.17) is 4.74 Å². The fraction of sp³-hybridized carbons (Fsp3) is 0.130. The zero-order chi connectivity index (χ0) is 20.5. The van der Waals surface area contributed by atoms with Crippen LogP contribution in [0, 0.1) is 6.92 Å². The summed E-state index contributed by atoms with van der Waals surface area (Å²) in [5, 5.41) is 13.0. The van der Waals surface area contributed by atoms with Gasteiger partial charge in [-0.3, -0.25) is 14.5 Å². The van der Waals surface area contributed by atoms with Gasteiger partial charge >= 0.3 is 0 Å². The van der Waals surface area contributed by atoms with Crippen molar-refractivity contribution in [3.05, 3.63) is 87.6 Å². The SMILES string of the molecule is COc1cccc(/C(O)=C2/C(=O)C(=O)N(c3ccccc3)C2c2sccc2C)c1. The highest BCUT2D eigenvalue weighted by molar-refractivity contribution is 7.10. The summed E-state index contributed by atoms with van der Waals surface area (Å²) in [6, 6.07) is 17.1. The largest absolute Gasteiger partial charge is 0.507 e. The average molecular weight is 405 g/mol. The first kappa shape index (κ1) is 19.0. The number of benzene rings is 2. The van der Waals surface area contributed by atoms with Gasteiger partial charge < -0.3 is 9.84 Å². The number of ether oxygens (including phenoxy) is 1. The second kappa shape index (κ2) is 7.56. The van der Waals surface area contributed by atoms with Gasteiger partial charge in [0.2, 0.25) is 0 Å². The van der Waals surface area contributed by atoms with Crippen LogP contribution in [-0.4, -0.2) is 23.9 Å². The van der Waals surface area contributed by atoms with Crippen molar-refractivity contribution in [2.24, 2.45) is 0 Å². The number of hydrogen-bond donors (Lipinski definition) is 1. The molecule has 146 valence electrons. The maximum atomic E-state index is 13.0. The summed E-state index contributed by atoms with van der Waals surface area (Å²) in [6.07, 6.45) is 0. The van der Waals surface area contributed by atoms with Crippen LogP contribution in [0.4, 0.5) is 5.69 Å². The van der Waals surface area contributed by atoms with Gasteiger partial charge in [-0.2, -0.15) is 0 Å². The Labute approximate surface area is 172 Å². The third-order valence-corrected chi connectivity index (χ3v) is 6.04. The van der Waals surface area contributed by atoms with E-state index in [0.717, 1.165) is 10.4 Å². The number of rotatable bonds is 4. The minimum Gasteiger partial charge on any atom is -0.507 e. The number of thiophene rings is 1. The second-order valence-corrected chi connectivity index (χ2v) is 7.65. The van der Waals surface area contributed by atoms with E-state index in [1.165, 1.54) is 23.3 Å². The molecule has 0 saturated carbocycles. The lowest BCUT2D eigenvalue weighted by Crippen LogP contribution is -2.29. The van der Waals surface area contributed by atoms with Crippen LogP contribution in [0.2, 0.25) is 0 Å². The molecule has 1 aliphatic heterocycles. The van der Waals surface area contributed by atoms with Crippen molar-refractivity contribution in [1.29, 1.82) is 0 Å². The Morgan fingerprint density at radius 2 is 1.83 bits per heavy atom. The highest BCUT2D eigenvalue weighted by atomic mass is 32.1. The topological polar surface area (TPSA) is 66.8 Å². The summed E-state index contributed by atoms with van der Waals surface area (Å²) < 4.78 is 5.23. The fourth-order valence-electron chi connectivity index (χ4n) is 3.53. The smallest absolute Gasteiger partial charge is 0.300 e. The molecule has 4 rings (SSSR count). The first-order valence-corrected chi connectivity index (χ1v) is 9.95. The molecule has 0 radical (unpaired) electrons. The number of ketones is 1. The van der Waals surface area contributed by atoms with Gasteiger partial charge in [-0.25, -0.2) is 0 Å². The van der Waals surface area contributed by atoms with Gasteiger partial charge in [0.25, 0.3) is 11.7 Å². The number of aliphatic hydroxyl groups is 1. The number of para-hydroxylation sites is 1. The first-order valence-electron chi connectivity index (χ1n) is 9.07. The molecule has 3 aromatic rings. The summed E-state index contributed by atoms with van der Waals surface area (Å²) in [7, 11) is 1.53. The van der Waals surface area contributed by atoms with Gasteiger partial charge in [-0.05, 0) is 48.2 Å². The van der Waals surface area contributed by atoms with E-state index in [9.17, 15) is 14.7 Å². The van der Waals surface area contributed by atoms with Crippen molar-refractivity contribution in [1.82, 2.24) is 0 Å². The Balaban J connectivity index is 1.95. The van der Waals surface area contributed by atoms with Gasteiger partial charge in [0, 0.05) is 16.1 Å². The average Bonchev–Trinajstić information content (AvgIpc) is 3.28. The lowest BCUT2D eigenvalue weighted by Gasteiger charge is -2.25. The quantitative estimate of drug-likeness (QED) is 0.388. The molecule has 2 heterocycles. The van der Waals surface area contributed by atoms with Crippen LogP contribution in [0.3, 0.4) is 0 Å². The second-order valence-electron chi connectivity index (χ2n) is 6.70. The molecule has 1 N–H and O–H groups in total. The lowest BCUT2D eigenvalue weighted by molar-refractivity contribution is -0.132. The summed E-state index contributed by atoms with van der Waals surface area (Å²) in [5.74, 6) is -1.01. The highest BCUT2D eigenvalue weighted by Crippen LogP contribution is 2.44. The van der Waals surface area contributed by atoms with E-state index >= 15 is 0 Å². The van der Waals surface area contributed by atoms with Crippen LogP contribution in [0.25, 0.3) is 5.76 Å². The Hall–Kier alpha value is -3.38. The van der Waals surface area contributed by atoms with Gasteiger partial charge in [-0.1, -0.05) is 30.3 Å². The van der Waals surface area contributed by atoms with Gasteiger partial charge in [0.05, 0.1) is 12.7 Å². The van der Waals surface area contributed by atoms with E-state index < -0.39 is 17.7 Å². The molecule has 1 aromatic heterocycles. The number of nitrogens with zero attached hydrogens (tertiary/aromatic N) is 1. The van der Waals surface area contributed by atoms with Crippen molar-refractivity contribution in [2.75, 3.05) is 12.0 Å². The third-order valence-electron chi connectivity index (χ3n) is 4.97. The summed E-state index contributed by atoms with van der Waals surface area (Å²) >= 11 is 1.46. The summed E-state index contributed by atoms with van der Waals surface area (Å²) in [5.41, 5.74) is 2.07. The van der Waals surface area contributed by atoms with Crippen molar-refractivity contribution >= 4 is 34.5 Å². The molecule has 5 nitrogen and oxygen atoms in total. The molecule has 1 fully saturated rings. The number of amides is 1. The van der Waals surface area contributed by atoms with Crippen LogP contribution in [0.5, 0.6) is 5.75 Å². The standard InChI is InChI=1S/C23H19NO4S/c1-14-11-12-29-22(14)19-18(20(25)15-7-6-10-17(13-15)28-2)21(26)23(27)24(19)16-8-4-3-5-9-16/h3-13,19,25H,1-2H3/b20-18-. The highest BCUT2D eigenvalue weighted by Gasteiger charge is 2.47. The number of anilines is 1. The van der Waals surface area contributed by atoms with E-state index in [0.29, 0.717) is 17.0 Å². The Morgan fingerprint density at radius 1 is 1.07 bits per heavy atom. The van der Waals surface area contributed by atoms with E-state index in [1.54, 1.807) is 36.4 Å². The minimum absolute atomic E-state index is 0.0812. The number of hydrogen-bond acceptors (Lipinski definition) is 5. The predicted molar refractivity (Wildman–Crippen MR) is 113 cm³/mol. The number of Topliss-reactive ketones (excluding diaryl/α,β-unsaturated/α-hetero) is 1. The molecule has 1 unspecified atom stereocenters. The molecule has 1 aliphatic rings. The van der Waals surface area contributed by atoms with Crippen LogP contribution < -0.4 is 9.64 Å². The molecular formula is C23H19NO4S. The molecule has 0 spiro atoms. The molecule has 2 aromatic carbocycles. The molecule has 29 heavy (non-hydrogen) atoms. The maximum absolute atomic E-state index is 13.0. The van der Waals surface area contributed by atoms with Crippen molar-refractivity contribution in [3.8, 4) is 5.75 Å². The molecule has 6 heteroatoms. The number of carbonyl (C=O) groups excluding carboxylic acids is 2. The normalized spacial score (nSPS) is 18.3. The number of aryl methyl sites for hydroxylation is 1. The number of methoxy groups -OCH3 is 1. The van der Waals surface area contributed by atoms with E-state index in [2.05, 4.69) is 0 Å². The monoisotopic (exact) mass is 405 g/mol. The summed E-state index contributed by atoms with van der Waals surface area (Å²) in [6.45, 7) is 1.93. The Morgan fingerprint density at radius 3 is 2.48 bits per heavy atom. The van der Waals surface area contributed by atoms with Crippen LogP contribution in [0.15, 0.2) is 71.6 Å². The van der Waals surface area contributed by atoms with Crippen LogP contribution in [-0.2, 0) is 9.59 Å². The number of carbonyl (C=O) groups is 2. The van der Waals surface area contributed by atoms with Crippen LogP contribution >= 0.6 is 11.3 Å². The van der Waals surface area contributed by atoms with Crippen molar-refractivity contribution in [2.45, 2.75) is 13.0 Å². The lowest BCUT2D eigenvalue weighted by atomic mass is 9.98. The molecule has 1 amide bonds. The Kier molecular flexibility index (Phi) is 4.94. The maximum Gasteiger partial charge on any atom is 0.300 e. The first-order chi connectivity index (χ1) is 14.0. The predicted octanol–water partition coefficient (Wildman–Crippen LogP) is 4.69. The molecule has 0 bridgehead atoms. The molecular weight excluding hydrogens is 386 g/mol. The molecule has 0 aliphatic carbocycles. The molecule has 1 atom stereocenters. The van der Waals surface area contributed by atoms with Crippen molar-refractivity contribution in [3.63, 3.8) is 0 Å². The van der Waals surface area contributed by atoms with Crippen LogP contribution in [0.1, 0.15) is 22.0 Å². The third kappa shape index (κ3) is 3.21. The van der Waals surface area contributed by atoms with Gasteiger partial charge in [0.1, 0.15) is 17.6 Å². The van der Waals surface area contributed by atoms with E-state index in [-0.39, 0.29) is 11.3 Å². The zero-order valence-electron chi connectivity index (χ0n) is 16.0. The Bertz CT molecular complexity index is 1120. The van der Waals surface area contributed by atoms with E-state index in [1.807, 2.05) is 36.6 Å². The van der Waals surface area contributed by atoms with Gasteiger partial charge in [0.15, 0.2) is 0 Å². The summed E-state index contributed by atoms with van der Waals surface area (Å²) in [4.78, 5) is 28.4.